The van der Waals surface area contributed by atoms with E-state index in [2.05, 4.69) is 10.1 Å². The first-order valence-corrected chi connectivity index (χ1v) is 4.88. The highest BCUT2D eigenvalue weighted by molar-refractivity contribution is 6.33. The third-order valence-corrected chi connectivity index (χ3v) is 2.30. The van der Waals surface area contributed by atoms with Crippen molar-refractivity contribution in [3.05, 3.63) is 40.8 Å². The maximum Gasteiger partial charge on any atom is 0.356 e. The van der Waals surface area contributed by atoms with Gasteiger partial charge in [-0.2, -0.15) is 5.10 Å². The van der Waals surface area contributed by atoms with E-state index in [9.17, 15) is 4.79 Å². The monoisotopic (exact) mass is 237 g/mol. The molecule has 0 bridgehead atoms. The van der Waals surface area contributed by atoms with Gasteiger partial charge in [-0.3, -0.25) is 0 Å². The first kappa shape index (κ1) is 10.6. The predicted molar refractivity (Wildman–Crippen MR) is 58.1 cm³/mol. The van der Waals surface area contributed by atoms with E-state index in [1.807, 2.05) is 6.92 Å². The van der Waals surface area contributed by atoms with Crippen LogP contribution in [0.15, 0.2) is 24.4 Å². The smallest absolute Gasteiger partial charge is 0.356 e. The Morgan fingerprint density at radius 3 is 2.75 bits per heavy atom. The second-order valence-electron chi connectivity index (χ2n) is 3.21. The van der Waals surface area contributed by atoms with Crippen molar-refractivity contribution in [1.29, 1.82) is 0 Å². The Labute approximate surface area is 96.3 Å². The Morgan fingerprint density at radius 2 is 2.19 bits per heavy atom. The number of carboxylic acids is 1. The van der Waals surface area contributed by atoms with Crippen LogP contribution in [-0.4, -0.2) is 25.8 Å². The summed E-state index contributed by atoms with van der Waals surface area (Å²) in [5.74, 6) is -0.731. The molecular formula is C10H8ClN3O2. The van der Waals surface area contributed by atoms with Crippen molar-refractivity contribution in [1.82, 2.24) is 14.8 Å². The van der Waals surface area contributed by atoms with Gasteiger partial charge in [0.05, 0.1) is 10.7 Å². The molecule has 0 spiro atoms. The van der Waals surface area contributed by atoms with E-state index in [1.165, 1.54) is 10.7 Å². The average Bonchev–Trinajstić information content (AvgIpc) is 2.65. The van der Waals surface area contributed by atoms with E-state index < -0.39 is 5.97 Å². The molecule has 0 aliphatic rings. The van der Waals surface area contributed by atoms with E-state index in [-0.39, 0.29) is 10.7 Å². The van der Waals surface area contributed by atoms with Crippen molar-refractivity contribution in [2.24, 2.45) is 0 Å². The number of aromatic nitrogens is 3. The third kappa shape index (κ3) is 1.90. The minimum atomic E-state index is -1.16. The summed E-state index contributed by atoms with van der Waals surface area (Å²) < 4.78 is 1.50. The maximum absolute atomic E-state index is 10.8. The summed E-state index contributed by atoms with van der Waals surface area (Å²) in [6.07, 6.45) is 1.71. The number of aromatic carboxylic acids is 1. The second kappa shape index (κ2) is 3.94. The molecule has 0 radical (unpaired) electrons. The van der Waals surface area contributed by atoms with Gasteiger partial charge in [0, 0.05) is 6.20 Å². The summed E-state index contributed by atoms with van der Waals surface area (Å²) in [6, 6.07) is 4.91. The first-order chi connectivity index (χ1) is 7.58. The fraction of sp³-hybridized carbons (Fsp3) is 0.100. The van der Waals surface area contributed by atoms with E-state index in [0.717, 1.165) is 5.69 Å². The Morgan fingerprint density at radius 1 is 1.44 bits per heavy atom. The number of carboxylic acid groups (broad SMARTS) is 1. The van der Waals surface area contributed by atoms with Gasteiger partial charge in [-0.15, -0.1) is 0 Å². The van der Waals surface area contributed by atoms with Crippen molar-refractivity contribution >= 4 is 17.6 Å². The van der Waals surface area contributed by atoms with Gasteiger partial charge >= 0.3 is 5.97 Å². The molecule has 0 aliphatic heterocycles. The lowest BCUT2D eigenvalue weighted by Gasteiger charge is -2.03. The molecule has 2 heterocycles. The standard InChI is InChI=1S/C10H8ClN3O2/c1-6-4-5-14(13-6)8-3-2-7(11)9(12-8)10(15)16/h2-5H,1H3,(H,15,16). The molecule has 6 heteroatoms. The molecule has 0 aromatic carbocycles. The van der Waals surface area contributed by atoms with Crippen molar-refractivity contribution < 1.29 is 9.90 Å². The van der Waals surface area contributed by atoms with E-state index in [4.69, 9.17) is 16.7 Å². The van der Waals surface area contributed by atoms with Gasteiger partial charge in [-0.1, -0.05) is 11.6 Å². The van der Waals surface area contributed by atoms with Gasteiger partial charge in [-0.05, 0) is 25.1 Å². The second-order valence-corrected chi connectivity index (χ2v) is 3.61. The molecule has 2 aromatic rings. The molecule has 0 amide bonds. The zero-order valence-corrected chi connectivity index (χ0v) is 9.14. The number of hydrogen-bond acceptors (Lipinski definition) is 3. The van der Waals surface area contributed by atoms with Crippen LogP contribution in [0.5, 0.6) is 0 Å². The van der Waals surface area contributed by atoms with Crippen LogP contribution in [0.4, 0.5) is 0 Å². The van der Waals surface area contributed by atoms with E-state index >= 15 is 0 Å². The molecule has 2 rings (SSSR count). The van der Waals surface area contributed by atoms with Gasteiger partial charge in [-0.25, -0.2) is 14.5 Å². The molecule has 0 atom stereocenters. The van der Waals surface area contributed by atoms with Crippen LogP contribution in [0, 0.1) is 6.92 Å². The fourth-order valence-corrected chi connectivity index (χ4v) is 1.44. The highest BCUT2D eigenvalue weighted by atomic mass is 35.5. The Kier molecular flexibility index (Phi) is 2.62. The molecule has 0 saturated heterocycles. The van der Waals surface area contributed by atoms with E-state index in [0.29, 0.717) is 5.82 Å². The van der Waals surface area contributed by atoms with Crippen molar-refractivity contribution in [3.8, 4) is 5.82 Å². The lowest BCUT2D eigenvalue weighted by atomic mass is 10.3. The number of rotatable bonds is 2. The van der Waals surface area contributed by atoms with Gasteiger partial charge < -0.3 is 5.11 Å². The summed E-state index contributed by atoms with van der Waals surface area (Å²) in [4.78, 5) is 14.8. The van der Waals surface area contributed by atoms with Gasteiger partial charge in [0.1, 0.15) is 0 Å². The molecule has 0 unspecified atom stereocenters. The number of carbonyl (C=O) groups is 1. The molecule has 5 nitrogen and oxygen atoms in total. The molecule has 0 aliphatic carbocycles. The van der Waals surface area contributed by atoms with Crippen LogP contribution < -0.4 is 0 Å². The number of aryl methyl sites for hydroxylation is 1. The third-order valence-electron chi connectivity index (χ3n) is 1.99. The topological polar surface area (TPSA) is 68.0 Å². The van der Waals surface area contributed by atoms with Crippen LogP contribution in [0.25, 0.3) is 5.82 Å². The lowest BCUT2D eigenvalue weighted by molar-refractivity contribution is 0.0690. The van der Waals surface area contributed by atoms with E-state index in [1.54, 1.807) is 18.3 Å². The fourth-order valence-electron chi connectivity index (χ4n) is 1.25. The SMILES string of the molecule is Cc1ccn(-c2ccc(Cl)c(C(=O)O)n2)n1. The van der Waals surface area contributed by atoms with Crippen LogP contribution in [0.2, 0.25) is 5.02 Å². The zero-order valence-electron chi connectivity index (χ0n) is 8.38. The van der Waals surface area contributed by atoms with Crippen molar-refractivity contribution in [3.63, 3.8) is 0 Å². The maximum atomic E-state index is 10.8. The van der Waals surface area contributed by atoms with Crippen LogP contribution >= 0.6 is 11.6 Å². The normalized spacial score (nSPS) is 10.4. The summed E-state index contributed by atoms with van der Waals surface area (Å²) in [5, 5.41) is 13.1. The van der Waals surface area contributed by atoms with Gasteiger partial charge in [0.25, 0.3) is 0 Å². The molecule has 0 saturated carbocycles. The average molecular weight is 238 g/mol. The highest BCUT2D eigenvalue weighted by Crippen LogP contribution is 2.16. The molecular weight excluding hydrogens is 230 g/mol. The molecule has 82 valence electrons. The number of hydrogen-bond donors (Lipinski definition) is 1. The molecule has 0 fully saturated rings. The van der Waals surface area contributed by atoms with Gasteiger partial charge in [0.15, 0.2) is 11.5 Å². The lowest BCUT2D eigenvalue weighted by Crippen LogP contribution is -2.06. The number of pyridine rings is 1. The van der Waals surface area contributed by atoms with Crippen LogP contribution in [-0.2, 0) is 0 Å². The highest BCUT2D eigenvalue weighted by Gasteiger charge is 2.12. The van der Waals surface area contributed by atoms with Crippen LogP contribution in [0.3, 0.4) is 0 Å². The Bertz CT molecular complexity index is 551. The predicted octanol–water partition coefficient (Wildman–Crippen LogP) is 1.93. The Hall–Kier alpha value is -1.88. The summed E-state index contributed by atoms with van der Waals surface area (Å²) >= 11 is 5.71. The number of halogens is 1. The molecule has 2 aromatic heterocycles. The minimum Gasteiger partial charge on any atom is -0.476 e. The first-order valence-electron chi connectivity index (χ1n) is 4.50. The largest absolute Gasteiger partial charge is 0.476 e. The number of nitrogens with zero attached hydrogens (tertiary/aromatic N) is 3. The van der Waals surface area contributed by atoms with Crippen molar-refractivity contribution in [2.45, 2.75) is 6.92 Å². The zero-order chi connectivity index (χ0) is 11.7. The minimum absolute atomic E-state index is 0.111. The van der Waals surface area contributed by atoms with Crippen LogP contribution in [0.1, 0.15) is 16.2 Å². The Balaban J connectivity index is 2.51. The molecule has 1 N–H and O–H groups in total. The summed E-state index contributed by atoms with van der Waals surface area (Å²) in [7, 11) is 0. The molecule has 16 heavy (non-hydrogen) atoms. The summed E-state index contributed by atoms with van der Waals surface area (Å²) in [5.41, 5.74) is 0.654. The van der Waals surface area contributed by atoms with Crippen molar-refractivity contribution in [2.75, 3.05) is 0 Å². The quantitative estimate of drug-likeness (QED) is 0.867. The van der Waals surface area contributed by atoms with Gasteiger partial charge in [0.2, 0.25) is 0 Å². The summed E-state index contributed by atoms with van der Waals surface area (Å²) in [6.45, 7) is 1.84.